The summed E-state index contributed by atoms with van der Waals surface area (Å²) in [6, 6.07) is 8.15. The van der Waals surface area contributed by atoms with Gasteiger partial charge in [-0.2, -0.15) is 0 Å². The van der Waals surface area contributed by atoms with Crippen LogP contribution in [0.5, 0.6) is 11.5 Å². The highest BCUT2D eigenvalue weighted by Gasteiger charge is 2.43. The van der Waals surface area contributed by atoms with Gasteiger partial charge >= 0.3 is 6.29 Å². The highest BCUT2D eigenvalue weighted by atomic mass is 19.3. The minimum absolute atomic E-state index is 0.0432. The van der Waals surface area contributed by atoms with Gasteiger partial charge in [0.25, 0.3) is 0 Å². The van der Waals surface area contributed by atoms with Gasteiger partial charge in [0.05, 0.1) is 5.92 Å². The number of likely N-dealkylation sites (tertiary alicyclic amines) is 1. The highest BCUT2D eigenvalue weighted by Crippen LogP contribution is 2.42. The van der Waals surface area contributed by atoms with Crippen LogP contribution in [0.3, 0.4) is 0 Å². The van der Waals surface area contributed by atoms with Crippen LogP contribution in [0.2, 0.25) is 0 Å². The van der Waals surface area contributed by atoms with Crippen LogP contribution in [-0.4, -0.2) is 35.2 Å². The van der Waals surface area contributed by atoms with Gasteiger partial charge in [-0.05, 0) is 43.1 Å². The number of anilines is 1. The highest BCUT2D eigenvalue weighted by molar-refractivity contribution is 5.93. The number of halogens is 2. The Hall–Kier alpha value is -2.74. The van der Waals surface area contributed by atoms with E-state index < -0.39 is 6.29 Å². The quantitative estimate of drug-likeness (QED) is 0.889. The second kappa shape index (κ2) is 7.11. The van der Waals surface area contributed by atoms with E-state index in [4.69, 9.17) is 0 Å². The number of aromatic nitrogens is 1. The summed E-state index contributed by atoms with van der Waals surface area (Å²) in [4.78, 5) is 19.0. The zero-order chi connectivity index (χ0) is 18.9. The molecule has 1 saturated heterocycles. The van der Waals surface area contributed by atoms with Crippen molar-refractivity contribution in [1.82, 2.24) is 9.88 Å². The number of nitrogens with one attached hydrogen (secondary N) is 1. The fourth-order valence-electron chi connectivity index (χ4n) is 3.43. The third-order valence-electron chi connectivity index (χ3n) is 4.67. The molecule has 1 aromatic carbocycles. The van der Waals surface area contributed by atoms with Crippen LogP contribution < -0.4 is 14.8 Å². The molecular weight excluding hydrogens is 356 g/mol. The SMILES string of the molecule is O=C(Nc1ccc2c(c1)OC(F)(F)O2)[C@@H]1CCCN(Cc2cccnc2)C1. The van der Waals surface area contributed by atoms with Crippen LogP contribution >= 0.6 is 0 Å². The van der Waals surface area contributed by atoms with Gasteiger partial charge in [0.2, 0.25) is 5.91 Å². The normalized spacial score (nSPS) is 21.0. The van der Waals surface area contributed by atoms with Gasteiger partial charge in [-0.1, -0.05) is 6.07 Å². The first-order valence-electron chi connectivity index (χ1n) is 8.80. The van der Waals surface area contributed by atoms with Gasteiger partial charge in [-0.25, -0.2) is 0 Å². The Morgan fingerprint density at radius 3 is 2.96 bits per heavy atom. The van der Waals surface area contributed by atoms with Crippen molar-refractivity contribution in [2.75, 3.05) is 18.4 Å². The molecular formula is C19H19F2N3O3. The largest absolute Gasteiger partial charge is 0.586 e. The van der Waals surface area contributed by atoms with E-state index in [2.05, 4.69) is 24.7 Å². The van der Waals surface area contributed by atoms with Crippen molar-refractivity contribution in [3.63, 3.8) is 0 Å². The lowest BCUT2D eigenvalue weighted by atomic mass is 9.96. The first-order chi connectivity index (χ1) is 13.0. The Morgan fingerprint density at radius 1 is 1.30 bits per heavy atom. The van der Waals surface area contributed by atoms with Crippen molar-refractivity contribution in [2.24, 2.45) is 5.92 Å². The Balaban J connectivity index is 1.37. The van der Waals surface area contributed by atoms with E-state index in [1.165, 1.54) is 18.2 Å². The third kappa shape index (κ3) is 4.16. The standard InChI is InChI=1S/C19H19F2N3O3/c20-19(21)26-16-6-5-15(9-17(16)27-19)23-18(25)14-4-2-8-24(12-14)11-13-3-1-7-22-10-13/h1,3,5-7,9-10,14H,2,4,8,11-12H2,(H,23,25)/t14-/m1/s1. The molecule has 0 bridgehead atoms. The predicted octanol–water partition coefficient (Wildman–Crippen LogP) is 3.25. The number of pyridine rings is 1. The van der Waals surface area contributed by atoms with E-state index in [1.807, 2.05) is 18.3 Å². The Labute approximate surface area is 155 Å². The summed E-state index contributed by atoms with van der Waals surface area (Å²) in [6.07, 6.45) is 1.61. The van der Waals surface area contributed by atoms with Gasteiger partial charge in [0.15, 0.2) is 11.5 Å². The fraction of sp³-hybridized carbons (Fsp3) is 0.368. The van der Waals surface area contributed by atoms with Gasteiger partial charge in [-0.3, -0.25) is 14.7 Å². The van der Waals surface area contributed by atoms with Crippen molar-refractivity contribution in [1.29, 1.82) is 0 Å². The number of alkyl halides is 2. The number of fused-ring (bicyclic) bond motifs is 1. The molecule has 1 amide bonds. The molecule has 0 saturated carbocycles. The first-order valence-corrected chi connectivity index (χ1v) is 8.80. The van der Waals surface area contributed by atoms with Crippen molar-refractivity contribution < 1.29 is 23.0 Å². The maximum atomic E-state index is 13.1. The number of rotatable bonds is 4. The lowest BCUT2D eigenvalue weighted by Crippen LogP contribution is -2.40. The third-order valence-corrected chi connectivity index (χ3v) is 4.67. The number of amides is 1. The number of hydrogen-bond donors (Lipinski definition) is 1. The molecule has 6 nitrogen and oxygen atoms in total. The van der Waals surface area contributed by atoms with Gasteiger partial charge in [-0.15, -0.1) is 8.78 Å². The predicted molar refractivity (Wildman–Crippen MR) is 93.5 cm³/mol. The topological polar surface area (TPSA) is 63.7 Å². The van der Waals surface area contributed by atoms with E-state index in [0.29, 0.717) is 12.2 Å². The van der Waals surface area contributed by atoms with Crippen LogP contribution in [0.1, 0.15) is 18.4 Å². The molecule has 1 N–H and O–H groups in total. The number of ether oxygens (including phenoxy) is 2. The molecule has 0 radical (unpaired) electrons. The average molecular weight is 375 g/mol. The summed E-state index contributed by atoms with van der Waals surface area (Å²) in [5, 5.41) is 2.79. The zero-order valence-corrected chi connectivity index (χ0v) is 14.5. The molecule has 0 spiro atoms. The molecule has 1 fully saturated rings. The lowest BCUT2D eigenvalue weighted by molar-refractivity contribution is -0.286. The summed E-state index contributed by atoms with van der Waals surface area (Å²) in [5.41, 5.74) is 1.51. The molecule has 0 aliphatic carbocycles. The molecule has 8 heteroatoms. The molecule has 0 unspecified atom stereocenters. The van der Waals surface area contributed by atoms with Crippen LogP contribution in [0.15, 0.2) is 42.7 Å². The molecule has 3 heterocycles. The van der Waals surface area contributed by atoms with E-state index in [-0.39, 0.29) is 23.3 Å². The minimum Gasteiger partial charge on any atom is -0.395 e. The monoisotopic (exact) mass is 375 g/mol. The summed E-state index contributed by atoms with van der Waals surface area (Å²) < 4.78 is 35.0. The molecule has 2 aromatic rings. The van der Waals surface area contributed by atoms with Gasteiger partial charge < -0.3 is 14.8 Å². The summed E-state index contributed by atoms with van der Waals surface area (Å²) in [6.45, 7) is 2.32. The lowest BCUT2D eigenvalue weighted by Gasteiger charge is -2.31. The number of nitrogens with zero attached hydrogens (tertiary/aromatic N) is 2. The maximum absolute atomic E-state index is 13.1. The molecule has 1 aromatic heterocycles. The van der Waals surface area contributed by atoms with Crippen LogP contribution in [0, 0.1) is 5.92 Å². The van der Waals surface area contributed by atoms with Crippen molar-refractivity contribution in [3.05, 3.63) is 48.3 Å². The number of carbonyl (C=O) groups is 1. The van der Waals surface area contributed by atoms with Crippen molar-refractivity contribution in [3.8, 4) is 11.5 Å². The van der Waals surface area contributed by atoms with Crippen LogP contribution in [-0.2, 0) is 11.3 Å². The fourth-order valence-corrected chi connectivity index (χ4v) is 3.43. The van der Waals surface area contributed by atoms with Crippen LogP contribution in [0.4, 0.5) is 14.5 Å². The molecule has 1 atom stereocenters. The van der Waals surface area contributed by atoms with Crippen molar-refractivity contribution >= 4 is 11.6 Å². The van der Waals surface area contributed by atoms with E-state index >= 15 is 0 Å². The zero-order valence-electron chi connectivity index (χ0n) is 14.5. The smallest absolute Gasteiger partial charge is 0.395 e. The number of benzene rings is 1. The molecule has 2 aliphatic rings. The second-order valence-corrected chi connectivity index (χ2v) is 6.75. The average Bonchev–Trinajstić information content (AvgIpc) is 2.96. The summed E-state index contributed by atoms with van der Waals surface area (Å²) in [7, 11) is 0. The van der Waals surface area contributed by atoms with Crippen LogP contribution in [0.25, 0.3) is 0 Å². The first kappa shape index (κ1) is 17.7. The number of hydrogen-bond acceptors (Lipinski definition) is 5. The maximum Gasteiger partial charge on any atom is 0.586 e. The number of piperidine rings is 1. The second-order valence-electron chi connectivity index (χ2n) is 6.75. The molecule has 27 heavy (non-hydrogen) atoms. The Bertz CT molecular complexity index is 832. The van der Waals surface area contributed by atoms with E-state index in [9.17, 15) is 13.6 Å². The van der Waals surface area contributed by atoms with E-state index in [1.54, 1.807) is 6.20 Å². The van der Waals surface area contributed by atoms with Gasteiger partial charge in [0.1, 0.15) is 0 Å². The Kier molecular flexibility index (Phi) is 4.65. The number of carbonyl (C=O) groups excluding carboxylic acids is 1. The molecule has 2 aliphatic heterocycles. The van der Waals surface area contributed by atoms with Gasteiger partial charge in [0, 0.05) is 37.2 Å². The van der Waals surface area contributed by atoms with E-state index in [0.717, 1.165) is 31.5 Å². The summed E-state index contributed by atoms with van der Waals surface area (Å²) >= 11 is 0. The summed E-state index contributed by atoms with van der Waals surface area (Å²) in [5.74, 6) is -0.420. The molecule has 4 rings (SSSR count). The molecule has 142 valence electrons. The van der Waals surface area contributed by atoms with Crippen molar-refractivity contribution in [2.45, 2.75) is 25.7 Å². The minimum atomic E-state index is -3.67. The Morgan fingerprint density at radius 2 is 2.15 bits per heavy atom.